The van der Waals surface area contributed by atoms with Gasteiger partial charge in [0.15, 0.2) is 0 Å². The molecule has 0 bridgehead atoms. The summed E-state index contributed by atoms with van der Waals surface area (Å²) in [5, 5.41) is 7.11. The number of benzene rings is 1. The van der Waals surface area contributed by atoms with E-state index in [2.05, 4.69) is 10.4 Å². The number of halogens is 2. The predicted molar refractivity (Wildman–Crippen MR) is 96.3 cm³/mol. The molecule has 1 amide bonds. The minimum atomic E-state index is -0.879. The van der Waals surface area contributed by atoms with Crippen molar-refractivity contribution < 1.29 is 13.6 Å². The molecule has 0 saturated heterocycles. The van der Waals surface area contributed by atoms with E-state index in [0.29, 0.717) is 36.8 Å². The number of nitrogens with one attached hydrogen (secondary N) is 1. The van der Waals surface area contributed by atoms with E-state index in [1.807, 2.05) is 13.8 Å². The number of alkyl halides is 1. The molecule has 0 radical (unpaired) electrons. The van der Waals surface area contributed by atoms with Crippen LogP contribution in [0.25, 0.3) is 11.1 Å². The van der Waals surface area contributed by atoms with Gasteiger partial charge in [0.1, 0.15) is 11.4 Å². The van der Waals surface area contributed by atoms with Gasteiger partial charge in [0, 0.05) is 18.7 Å². The third-order valence-corrected chi connectivity index (χ3v) is 4.42. The van der Waals surface area contributed by atoms with E-state index in [1.165, 1.54) is 22.9 Å². The molecule has 1 aliphatic rings. The van der Waals surface area contributed by atoms with Crippen molar-refractivity contribution in [2.45, 2.75) is 38.1 Å². The topological polar surface area (TPSA) is 64.0 Å². The number of amides is 1. The monoisotopic (exact) mass is 363 g/mol. The van der Waals surface area contributed by atoms with Gasteiger partial charge >= 0.3 is 0 Å². The van der Waals surface area contributed by atoms with Crippen molar-refractivity contribution in [3.63, 3.8) is 0 Å². The maximum absolute atomic E-state index is 13.6. The zero-order valence-electron chi connectivity index (χ0n) is 15.3. The molecular formula is C19H23F2N3O2. The molecule has 2 aromatic rings. The van der Waals surface area contributed by atoms with Crippen LogP contribution < -0.4 is 10.9 Å². The molecule has 0 atom stereocenters. The highest BCUT2D eigenvalue weighted by atomic mass is 19.1. The molecule has 26 heavy (non-hydrogen) atoms. The van der Waals surface area contributed by atoms with Crippen LogP contribution >= 0.6 is 0 Å². The maximum atomic E-state index is 13.6. The van der Waals surface area contributed by atoms with Gasteiger partial charge in [0.25, 0.3) is 5.56 Å². The summed E-state index contributed by atoms with van der Waals surface area (Å²) in [6.07, 6.45) is 1.19. The Morgan fingerprint density at radius 3 is 2.42 bits per heavy atom. The van der Waals surface area contributed by atoms with Gasteiger partial charge in [0.2, 0.25) is 5.91 Å². The first-order chi connectivity index (χ1) is 12.4. The van der Waals surface area contributed by atoms with E-state index < -0.39 is 5.54 Å². The van der Waals surface area contributed by atoms with Gasteiger partial charge < -0.3 is 5.32 Å². The predicted octanol–water partition coefficient (Wildman–Crippen LogP) is 2.99. The highest BCUT2D eigenvalue weighted by molar-refractivity contribution is 5.87. The molecule has 3 rings (SSSR count). The molecular weight excluding hydrogens is 340 g/mol. The first-order valence-corrected chi connectivity index (χ1v) is 8.40. The average Bonchev–Trinajstić information content (AvgIpc) is 3.44. The quantitative estimate of drug-likeness (QED) is 0.908. The Kier molecular flexibility index (Phi) is 5.90. The molecule has 1 heterocycles. The molecule has 1 aromatic heterocycles. The lowest BCUT2D eigenvalue weighted by Gasteiger charge is -2.20. The minimum Gasteiger partial charge on any atom is -0.357 e. The van der Waals surface area contributed by atoms with E-state index in [1.54, 1.807) is 19.2 Å². The normalized spacial score (nSPS) is 14.4. The highest BCUT2D eigenvalue weighted by Gasteiger charge is 2.53. The van der Waals surface area contributed by atoms with Crippen LogP contribution in [0.1, 0.15) is 38.3 Å². The van der Waals surface area contributed by atoms with E-state index in [4.69, 9.17) is 0 Å². The van der Waals surface area contributed by atoms with Gasteiger partial charge in [-0.25, -0.2) is 9.07 Å². The number of aromatic nitrogens is 2. The second-order valence-electron chi connectivity index (χ2n) is 6.47. The second kappa shape index (κ2) is 7.76. The number of carbonyl (C=O) groups excluding carboxylic acids is 1. The van der Waals surface area contributed by atoms with E-state index in [9.17, 15) is 18.4 Å². The first kappa shape index (κ1) is 19.8. The summed E-state index contributed by atoms with van der Waals surface area (Å²) >= 11 is 0. The van der Waals surface area contributed by atoms with Crippen LogP contribution in [0.3, 0.4) is 0 Å². The molecule has 1 saturated carbocycles. The lowest BCUT2D eigenvalue weighted by Crippen LogP contribution is -2.43. The maximum Gasteiger partial charge on any atom is 0.268 e. The molecule has 1 N–H and O–H groups in total. The largest absolute Gasteiger partial charge is 0.357 e. The van der Waals surface area contributed by atoms with Crippen molar-refractivity contribution in [2.75, 3.05) is 14.2 Å². The van der Waals surface area contributed by atoms with Crippen LogP contribution in [0.5, 0.6) is 0 Å². The molecule has 1 fully saturated rings. The Labute approximate surface area is 151 Å². The van der Waals surface area contributed by atoms with Gasteiger partial charge in [0.05, 0.1) is 12.9 Å². The number of nitrogens with zero attached hydrogens (tertiary/aromatic N) is 2. The van der Waals surface area contributed by atoms with Crippen molar-refractivity contribution in [1.82, 2.24) is 15.1 Å². The molecule has 140 valence electrons. The molecule has 0 aliphatic heterocycles. The summed E-state index contributed by atoms with van der Waals surface area (Å²) in [6.45, 7) is 3.92. The smallest absolute Gasteiger partial charge is 0.268 e. The van der Waals surface area contributed by atoms with Crippen LogP contribution in [0.2, 0.25) is 0 Å². The third-order valence-electron chi connectivity index (χ3n) is 4.42. The van der Waals surface area contributed by atoms with Gasteiger partial charge in [-0.1, -0.05) is 26.0 Å². The van der Waals surface area contributed by atoms with Crippen LogP contribution in [-0.4, -0.2) is 29.9 Å². The van der Waals surface area contributed by atoms with E-state index in [-0.39, 0.29) is 23.2 Å². The summed E-state index contributed by atoms with van der Waals surface area (Å²) in [7, 11) is 2.05. The van der Waals surface area contributed by atoms with Crippen LogP contribution in [0.4, 0.5) is 8.78 Å². The molecule has 1 aliphatic carbocycles. The number of carbonyl (C=O) groups is 1. The Hall–Kier alpha value is -2.57. The summed E-state index contributed by atoms with van der Waals surface area (Å²) in [4.78, 5) is 24.8. The minimum absolute atomic E-state index is 0.0237. The van der Waals surface area contributed by atoms with Crippen LogP contribution in [-0.2, 0) is 10.3 Å². The highest BCUT2D eigenvalue weighted by Crippen LogP contribution is 2.42. The summed E-state index contributed by atoms with van der Waals surface area (Å²) in [5.74, 6) is -0.545. The standard InChI is InChI=1S/C18H20FN3O2.CH3F/c1-11(2)16-14(12-5-4-6-13(19)9-12)10-15(23)22(21-16)18(7-8-18)17(24)20-3;1-2/h4-6,9-11H,7-8H2,1-3H3,(H,20,24);1H3. The van der Waals surface area contributed by atoms with Gasteiger partial charge in [-0.05, 0) is 36.5 Å². The lowest BCUT2D eigenvalue weighted by molar-refractivity contribution is -0.125. The molecule has 0 unspecified atom stereocenters. The SMILES string of the molecule is CF.CNC(=O)C1(n2nc(C(C)C)c(-c3cccc(F)c3)cc2=O)CC1. The third kappa shape index (κ3) is 3.52. The number of likely N-dealkylation sites (N-methyl/N-ethyl adjacent to an activating group) is 1. The number of hydrogen-bond acceptors (Lipinski definition) is 3. The Balaban J connectivity index is 0.00000117. The zero-order valence-corrected chi connectivity index (χ0v) is 15.3. The van der Waals surface area contributed by atoms with Gasteiger partial charge in [-0.3, -0.25) is 14.0 Å². The fourth-order valence-corrected chi connectivity index (χ4v) is 2.98. The van der Waals surface area contributed by atoms with Crippen molar-refractivity contribution in [2.24, 2.45) is 0 Å². The lowest BCUT2D eigenvalue weighted by atomic mass is 9.98. The second-order valence-corrected chi connectivity index (χ2v) is 6.47. The summed E-state index contributed by atoms with van der Waals surface area (Å²) in [6, 6.07) is 7.56. The van der Waals surface area contributed by atoms with Crippen LogP contribution in [0, 0.1) is 5.82 Å². The van der Waals surface area contributed by atoms with Crippen molar-refractivity contribution >= 4 is 5.91 Å². The fourth-order valence-electron chi connectivity index (χ4n) is 2.98. The average molecular weight is 363 g/mol. The fraction of sp³-hybridized carbons (Fsp3) is 0.421. The van der Waals surface area contributed by atoms with E-state index >= 15 is 0 Å². The van der Waals surface area contributed by atoms with Gasteiger partial charge in [-0.15, -0.1) is 0 Å². The van der Waals surface area contributed by atoms with Crippen molar-refractivity contribution in [3.8, 4) is 11.1 Å². The van der Waals surface area contributed by atoms with Gasteiger partial charge in [-0.2, -0.15) is 5.10 Å². The number of rotatable bonds is 4. The Morgan fingerprint density at radius 2 is 1.92 bits per heavy atom. The van der Waals surface area contributed by atoms with Crippen molar-refractivity contribution in [3.05, 3.63) is 52.2 Å². The zero-order chi connectivity index (χ0) is 19.5. The first-order valence-electron chi connectivity index (χ1n) is 8.40. The molecule has 0 spiro atoms. The summed E-state index contributed by atoms with van der Waals surface area (Å²) in [5.41, 5.74) is 0.671. The Morgan fingerprint density at radius 1 is 1.27 bits per heavy atom. The van der Waals surface area contributed by atoms with E-state index in [0.717, 1.165) is 0 Å². The molecule has 5 nitrogen and oxygen atoms in total. The van der Waals surface area contributed by atoms with Crippen molar-refractivity contribution in [1.29, 1.82) is 0 Å². The van der Waals surface area contributed by atoms with Crippen LogP contribution in [0.15, 0.2) is 35.1 Å². The summed E-state index contributed by atoms with van der Waals surface area (Å²) < 4.78 is 24.4. The molecule has 7 heteroatoms. The Bertz CT molecular complexity index is 858. The number of hydrogen-bond donors (Lipinski definition) is 1. The molecule has 1 aromatic carbocycles.